The van der Waals surface area contributed by atoms with Gasteiger partial charge in [0.15, 0.2) is 0 Å². The van der Waals surface area contributed by atoms with Gasteiger partial charge in [0.25, 0.3) is 0 Å². The molecule has 5 nitrogen and oxygen atoms in total. The summed E-state index contributed by atoms with van der Waals surface area (Å²) in [7, 11) is 1.69. The van der Waals surface area contributed by atoms with Crippen LogP contribution < -0.4 is 5.73 Å². The molecule has 19 heavy (non-hydrogen) atoms. The monoisotopic (exact) mass is 260 g/mol. The van der Waals surface area contributed by atoms with Crippen LogP contribution in [0.3, 0.4) is 0 Å². The summed E-state index contributed by atoms with van der Waals surface area (Å²) < 4.78 is 7.16. The fraction of sp³-hybridized carbons (Fsp3) is 0.429. The van der Waals surface area contributed by atoms with Gasteiger partial charge in [-0.3, -0.25) is 0 Å². The van der Waals surface area contributed by atoms with Crippen LogP contribution in [-0.4, -0.2) is 28.5 Å². The number of nitrogens with two attached hydrogens (primary N) is 1. The molecule has 0 saturated carbocycles. The fourth-order valence-electron chi connectivity index (χ4n) is 1.98. The number of aromatic nitrogens is 3. The van der Waals surface area contributed by atoms with Crippen molar-refractivity contribution in [3.8, 4) is 0 Å². The molecule has 0 amide bonds. The van der Waals surface area contributed by atoms with Gasteiger partial charge in [-0.05, 0) is 12.5 Å². The smallest absolute Gasteiger partial charge is 0.146 e. The lowest BCUT2D eigenvalue weighted by atomic mass is 10.1. The van der Waals surface area contributed by atoms with Gasteiger partial charge in [-0.25, -0.2) is 0 Å². The molecule has 0 aliphatic heterocycles. The van der Waals surface area contributed by atoms with Gasteiger partial charge >= 0.3 is 0 Å². The highest BCUT2D eigenvalue weighted by Gasteiger charge is 2.11. The van der Waals surface area contributed by atoms with Crippen LogP contribution in [0.5, 0.6) is 0 Å². The van der Waals surface area contributed by atoms with Crippen LogP contribution in [0.2, 0.25) is 0 Å². The highest BCUT2D eigenvalue weighted by molar-refractivity contribution is 5.24. The molecular weight excluding hydrogens is 240 g/mol. The molecule has 0 spiro atoms. The Balaban J connectivity index is 2.19. The first kappa shape index (κ1) is 13.7. The normalized spacial score (nSPS) is 10.9. The standard InChI is InChI=1S/C14H20N4O/c1-11-3-5-12(6-4-11)9-13-16-17-14(10-15)18(13)7-8-19-2/h3-6H,7-10,15H2,1-2H3. The Bertz CT molecular complexity index is 519. The second kappa shape index (κ2) is 6.45. The first-order chi connectivity index (χ1) is 9.24. The van der Waals surface area contributed by atoms with Crippen LogP contribution >= 0.6 is 0 Å². The molecule has 5 heteroatoms. The van der Waals surface area contributed by atoms with E-state index in [0.717, 1.165) is 24.6 Å². The second-order valence-corrected chi connectivity index (χ2v) is 4.54. The van der Waals surface area contributed by atoms with Gasteiger partial charge < -0.3 is 15.0 Å². The maximum Gasteiger partial charge on any atom is 0.146 e. The quantitative estimate of drug-likeness (QED) is 0.849. The van der Waals surface area contributed by atoms with E-state index in [2.05, 4.69) is 41.4 Å². The molecule has 1 aromatic carbocycles. The molecule has 102 valence electrons. The minimum Gasteiger partial charge on any atom is -0.383 e. The second-order valence-electron chi connectivity index (χ2n) is 4.54. The molecule has 0 fully saturated rings. The maximum absolute atomic E-state index is 5.68. The van der Waals surface area contributed by atoms with Crippen molar-refractivity contribution in [1.29, 1.82) is 0 Å². The van der Waals surface area contributed by atoms with Crippen LogP contribution in [0.15, 0.2) is 24.3 Å². The molecule has 0 aliphatic rings. The van der Waals surface area contributed by atoms with E-state index in [1.807, 2.05) is 4.57 Å². The number of benzene rings is 1. The van der Waals surface area contributed by atoms with E-state index in [1.165, 1.54) is 11.1 Å². The summed E-state index contributed by atoms with van der Waals surface area (Å²) in [6.45, 7) is 3.84. The molecule has 1 heterocycles. The van der Waals surface area contributed by atoms with Crippen molar-refractivity contribution in [1.82, 2.24) is 14.8 Å². The number of hydrogen-bond acceptors (Lipinski definition) is 4. The number of hydrogen-bond donors (Lipinski definition) is 1. The van der Waals surface area contributed by atoms with Crippen molar-refractivity contribution >= 4 is 0 Å². The molecule has 1 aromatic heterocycles. The zero-order valence-corrected chi connectivity index (χ0v) is 11.5. The van der Waals surface area contributed by atoms with E-state index in [4.69, 9.17) is 10.5 Å². The number of nitrogens with zero attached hydrogens (tertiary/aromatic N) is 3. The van der Waals surface area contributed by atoms with Crippen LogP contribution in [0.1, 0.15) is 22.8 Å². The Morgan fingerprint density at radius 1 is 1.16 bits per heavy atom. The van der Waals surface area contributed by atoms with Gasteiger partial charge in [-0.2, -0.15) is 0 Å². The SMILES string of the molecule is COCCn1c(CN)nnc1Cc1ccc(C)cc1. The lowest BCUT2D eigenvalue weighted by Crippen LogP contribution is -2.14. The molecule has 0 bridgehead atoms. The third kappa shape index (κ3) is 3.39. The zero-order chi connectivity index (χ0) is 13.7. The Morgan fingerprint density at radius 2 is 1.84 bits per heavy atom. The predicted octanol–water partition coefficient (Wildman–Crippen LogP) is 1.28. The summed E-state index contributed by atoms with van der Waals surface area (Å²) in [5.74, 6) is 1.74. The maximum atomic E-state index is 5.68. The fourth-order valence-corrected chi connectivity index (χ4v) is 1.98. The van der Waals surface area contributed by atoms with Gasteiger partial charge in [0.2, 0.25) is 0 Å². The Kier molecular flexibility index (Phi) is 4.65. The van der Waals surface area contributed by atoms with Crippen molar-refractivity contribution in [3.05, 3.63) is 47.0 Å². The van der Waals surface area contributed by atoms with Crippen molar-refractivity contribution in [2.24, 2.45) is 5.73 Å². The van der Waals surface area contributed by atoms with Crippen LogP contribution in [-0.2, 0) is 24.2 Å². The molecular formula is C14H20N4O. The number of aryl methyl sites for hydroxylation is 1. The van der Waals surface area contributed by atoms with Gasteiger partial charge in [-0.1, -0.05) is 29.8 Å². The van der Waals surface area contributed by atoms with E-state index in [1.54, 1.807) is 7.11 Å². The van der Waals surface area contributed by atoms with Crippen LogP contribution in [0, 0.1) is 6.92 Å². The molecule has 2 N–H and O–H groups in total. The van der Waals surface area contributed by atoms with E-state index in [9.17, 15) is 0 Å². The average Bonchev–Trinajstić information content (AvgIpc) is 2.81. The molecule has 0 atom stereocenters. The summed E-state index contributed by atoms with van der Waals surface area (Å²) in [5, 5.41) is 8.37. The summed E-state index contributed by atoms with van der Waals surface area (Å²) in [6, 6.07) is 8.45. The third-order valence-corrected chi connectivity index (χ3v) is 3.09. The lowest BCUT2D eigenvalue weighted by Gasteiger charge is -2.09. The van der Waals surface area contributed by atoms with Gasteiger partial charge in [-0.15, -0.1) is 10.2 Å². The third-order valence-electron chi connectivity index (χ3n) is 3.09. The van der Waals surface area contributed by atoms with Gasteiger partial charge in [0.05, 0.1) is 13.2 Å². The van der Waals surface area contributed by atoms with Crippen LogP contribution in [0.25, 0.3) is 0 Å². The Hall–Kier alpha value is -1.72. The van der Waals surface area contributed by atoms with Crippen molar-refractivity contribution in [3.63, 3.8) is 0 Å². The Labute approximate surface area is 113 Å². The van der Waals surface area contributed by atoms with E-state index in [0.29, 0.717) is 13.2 Å². The van der Waals surface area contributed by atoms with Gasteiger partial charge in [0.1, 0.15) is 11.6 Å². The summed E-state index contributed by atoms with van der Waals surface area (Å²) in [5.41, 5.74) is 8.16. The summed E-state index contributed by atoms with van der Waals surface area (Å²) in [6.07, 6.45) is 0.761. The molecule has 2 aromatic rings. The zero-order valence-electron chi connectivity index (χ0n) is 11.5. The summed E-state index contributed by atoms with van der Waals surface area (Å²) in [4.78, 5) is 0. The molecule has 0 unspecified atom stereocenters. The highest BCUT2D eigenvalue weighted by atomic mass is 16.5. The molecule has 0 radical (unpaired) electrons. The van der Waals surface area contributed by atoms with E-state index >= 15 is 0 Å². The topological polar surface area (TPSA) is 66.0 Å². The van der Waals surface area contributed by atoms with E-state index < -0.39 is 0 Å². The van der Waals surface area contributed by atoms with Gasteiger partial charge in [0, 0.05) is 20.1 Å². The first-order valence-electron chi connectivity index (χ1n) is 6.40. The van der Waals surface area contributed by atoms with Crippen molar-refractivity contribution < 1.29 is 4.74 Å². The number of ether oxygens (including phenoxy) is 1. The lowest BCUT2D eigenvalue weighted by molar-refractivity contribution is 0.185. The molecule has 2 rings (SSSR count). The van der Waals surface area contributed by atoms with E-state index in [-0.39, 0.29) is 0 Å². The summed E-state index contributed by atoms with van der Waals surface area (Å²) >= 11 is 0. The highest BCUT2D eigenvalue weighted by Crippen LogP contribution is 2.10. The minimum atomic E-state index is 0.393. The average molecular weight is 260 g/mol. The van der Waals surface area contributed by atoms with Crippen molar-refractivity contribution in [2.75, 3.05) is 13.7 Å². The number of methoxy groups -OCH3 is 1. The Morgan fingerprint density at radius 3 is 2.47 bits per heavy atom. The van der Waals surface area contributed by atoms with Crippen LogP contribution in [0.4, 0.5) is 0 Å². The first-order valence-corrected chi connectivity index (χ1v) is 6.40. The predicted molar refractivity (Wildman–Crippen MR) is 73.8 cm³/mol. The molecule has 0 aliphatic carbocycles. The van der Waals surface area contributed by atoms with Crippen molar-refractivity contribution in [2.45, 2.75) is 26.4 Å². The number of rotatable bonds is 6. The minimum absolute atomic E-state index is 0.393. The molecule has 0 saturated heterocycles. The largest absolute Gasteiger partial charge is 0.383 e.